The summed E-state index contributed by atoms with van der Waals surface area (Å²) in [5.41, 5.74) is 13.5. The molecule has 202 valence electrons. The van der Waals surface area contributed by atoms with E-state index in [-0.39, 0.29) is 6.04 Å². The molecule has 0 spiro atoms. The fourth-order valence-electron chi connectivity index (χ4n) is 4.96. The lowest BCUT2D eigenvalue weighted by Gasteiger charge is -2.25. The van der Waals surface area contributed by atoms with Crippen LogP contribution in [0.15, 0.2) is 71.9 Å². The van der Waals surface area contributed by atoms with E-state index in [1.54, 1.807) is 7.05 Å². The van der Waals surface area contributed by atoms with Crippen LogP contribution in [-0.2, 0) is 22.6 Å². The molecule has 1 aliphatic rings. The third-order valence-electron chi connectivity index (χ3n) is 7.09. The van der Waals surface area contributed by atoms with Gasteiger partial charge in [-0.05, 0) is 55.0 Å². The van der Waals surface area contributed by atoms with Crippen LogP contribution in [0.5, 0.6) is 0 Å². The zero-order valence-electron chi connectivity index (χ0n) is 22.7. The molecule has 2 aromatic rings. The van der Waals surface area contributed by atoms with Crippen LogP contribution in [0.1, 0.15) is 67.2 Å². The van der Waals surface area contributed by atoms with E-state index in [9.17, 15) is 9.59 Å². The number of benzene rings is 2. The summed E-state index contributed by atoms with van der Waals surface area (Å²) in [6, 6.07) is 16.4. The normalized spacial score (nSPS) is 14.4. The molecule has 1 heterocycles. The first-order valence-corrected chi connectivity index (χ1v) is 13.7. The average molecular weight is 515 g/mol. The molecule has 0 aromatic heterocycles. The standard InChI is InChI=1S/C32H42N4O2/c1-25-31-17-16-26(20-28(31)23-36(25)30(24-38)15-11-19-37)12-7-4-3-5-10-18-35-22-29(33)21-32(34-2)27-13-8-6-9-14-27/h6,8-9,13-14,16-17,19-21,24,30,35H,1,3-5,7,10-12,15,18,22-23,33H2,2H3. The molecule has 0 saturated carbocycles. The summed E-state index contributed by atoms with van der Waals surface area (Å²) in [6.45, 7) is 6.51. The van der Waals surface area contributed by atoms with E-state index < -0.39 is 0 Å². The fourth-order valence-corrected chi connectivity index (χ4v) is 4.96. The first-order chi connectivity index (χ1) is 18.6. The Kier molecular flexibility index (Phi) is 12.0. The van der Waals surface area contributed by atoms with Crippen molar-refractivity contribution in [1.82, 2.24) is 10.2 Å². The van der Waals surface area contributed by atoms with Crippen LogP contribution < -0.4 is 11.1 Å². The number of hydrogen-bond acceptors (Lipinski definition) is 6. The lowest BCUT2D eigenvalue weighted by Crippen LogP contribution is -2.31. The van der Waals surface area contributed by atoms with Crippen LogP contribution in [0.4, 0.5) is 0 Å². The van der Waals surface area contributed by atoms with Gasteiger partial charge in [-0.3, -0.25) is 4.99 Å². The van der Waals surface area contributed by atoms with Gasteiger partial charge in [0.05, 0.1) is 11.8 Å². The van der Waals surface area contributed by atoms with E-state index in [1.807, 2.05) is 41.3 Å². The van der Waals surface area contributed by atoms with Gasteiger partial charge in [-0.15, -0.1) is 0 Å². The molecule has 1 unspecified atom stereocenters. The molecule has 38 heavy (non-hydrogen) atoms. The molecule has 1 aliphatic heterocycles. The monoisotopic (exact) mass is 514 g/mol. The Labute approximate surface area is 227 Å². The van der Waals surface area contributed by atoms with Gasteiger partial charge >= 0.3 is 0 Å². The first kappa shape index (κ1) is 29.1. The van der Waals surface area contributed by atoms with Gasteiger partial charge in [0.15, 0.2) is 0 Å². The van der Waals surface area contributed by atoms with Crippen molar-refractivity contribution in [1.29, 1.82) is 0 Å². The maximum Gasteiger partial charge on any atom is 0.142 e. The predicted octanol–water partition coefficient (Wildman–Crippen LogP) is 5.06. The second-order valence-corrected chi connectivity index (χ2v) is 9.90. The number of aryl methyl sites for hydroxylation is 1. The summed E-state index contributed by atoms with van der Waals surface area (Å²) in [5, 5.41) is 3.44. The number of unbranched alkanes of at least 4 members (excludes halogenated alkanes) is 4. The molecule has 0 fully saturated rings. The Hall–Kier alpha value is -3.51. The van der Waals surface area contributed by atoms with Crippen molar-refractivity contribution in [2.75, 3.05) is 20.1 Å². The molecule has 0 saturated heterocycles. The molecule has 2 aromatic carbocycles. The topological polar surface area (TPSA) is 87.8 Å². The van der Waals surface area contributed by atoms with Gasteiger partial charge in [0.1, 0.15) is 12.6 Å². The number of allylic oxidation sites excluding steroid dienone is 1. The Morgan fingerprint density at radius 1 is 1.11 bits per heavy atom. The van der Waals surface area contributed by atoms with E-state index in [2.05, 4.69) is 35.1 Å². The van der Waals surface area contributed by atoms with Gasteiger partial charge < -0.3 is 25.5 Å². The van der Waals surface area contributed by atoms with Crippen LogP contribution in [0.3, 0.4) is 0 Å². The predicted molar refractivity (Wildman–Crippen MR) is 157 cm³/mol. The molecular weight excluding hydrogens is 472 g/mol. The molecule has 3 rings (SSSR count). The van der Waals surface area contributed by atoms with Crippen molar-refractivity contribution >= 4 is 24.0 Å². The Morgan fingerprint density at radius 2 is 1.87 bits per heavy atom. The highest BCUT2D eigenvalue weighted by atomic mass is 16.1. The van der Waals surface area contributed by atoms with Crippen molar-refractivity contribution in [3.05, 3.63) is 89.1 Å². The summed E-state index contributed by atoms with van der Waals surface area (Å²) in [6.07, 6.45) is 11.7. The average Bonchev–Trinajstić information content (AvgIpc) is 3.27. The van der Waals surface area contributed by atoms with E-state index >= 15 is 0 Å². The van der Waals surface area contributed by atoms with Crippen molar-refractivity contribution in [3.8, 4) is 0 Å². The largest absolute Gasteiger partial charge is 0.401 e. The number of carbonyl (C=O) groups is 2. The van der Waals surface area contributed by atoms with E-state index in [1.165, 1.54) is 36.8 Å². The minimum Gasteiger partial charge on any atom is -0.401 e. The van der Waals surface area contributed by atoms with Gasteiger partial charge in [0.25, 0.3) is 0 Å². The maximum absolute atomic E-state index is 11.6. The summed E-state index contributed by atoms with van der Waals surface area (Å²) in [5.74, 6) is 0. The van der Waals surface area contributed by atoms with E-state index in [0.29, 0.717) is 25.9 Å². The number of nitrogens with zero attached hydrogens (tertiary/aromatic N) is 2. The van der Waals surface area contributed by atoms with Crippen molar-refractivity contribution in [2.45, 2.75) is 64.0 Å². The summed E-state index contributed by atoms with van der Waals surface area (Å²) in [4.78, 5) is 28.7. The Morgan fingerprint density at radius 3 is 2.61 bits per heavy atom. The second-order valence-electron chi connectivity index (χ2n) is 9.90. The van der Waals surface area contributed by atoms with Gasteiger partial charge in [0.2, 0.25) is 0 Å². The van der Waals surface area contributed by atoms with Crippen LogP contribution in [0.2, 0.25) is 0 Å². The molecule has 0 radical (unpaired) electrons. The van der Waals surface area contributed by atoms with Crippen LogP contribution in [0.25, 0.3) is 5.70 Å². The highest BCUT2D eigenvalue weighted by Gasteiger charge is 2.28. The quantitative estimate of drug-likeness (QED) is 0.175. The molecule has 0 bridgehead atoms. The lowest BCUT2D eigenvalue weighted by molar-refractivity contribution is -0.112. The van der Waals surface area contributed by atoms with Gasteiger partial charge in [-0.2, -0.15) is 0 Å². The van der Waals surface area contributed by atoms with Gasteiger partial charge in [-0.25, -0.2) is 0 Å². The second kappa shape index (κ2) is 15.7. The fraction of sp³-hybridized carbons (Fsp3) is 0.406. The number of nitrogens with one attached hydrogen (secondary N) is 1. The minimum atomic E-state index is -0.289. The highest BCUT2D eigenvalue weighted by Crippen LogP contribution is 2.34. The third kappa shape index (κ3) is 8.52. The van der Waals surface area contributed by atoms with E-state index in [0.717, 1.165) is 60.2 Å². The van der Waals surface area contributed by atoms with E-state index in [4.69, 9.17) is 5.73 Å². The number of aliphatic imine (C=N–C) groups is 1. The number of hydrogen-bond donors (Lipinski definition) is 2. The number of fused-ring (bicyclic) bond motifs is 1. The third-order valence-corrected chi connectivity index (χ3v) is 7.09. The summed E-state index contributed by atoms with van der Waals surface area (Å²) >= 11 is 0. The van der Waals surface area contributed by atoms with Crippen molar-refractivity contribution in [2.24, 2.45) is 10.7 Å². The van der Waals surface area contributed by atoms with Crippen molar-refractivity contribution < 1.29 is 9.59 Å². The van der Waals surface area contributed by atoms with Crippen LogP contribution >= 0.6 is 0 Å². The smallest absolute Gasteiger partial charge is 0.142 e. The van der Waals surface area contributed by atoms with Crippen LogP contribution in [0, 0.1) is 0 Å². The summed E-state index contributed by atoms with van der Waals surface area (Å²) < 4.78 is 0. The molecule has 6 nitrogen and oxygen atoms in total. The molecule has 0 amide bonds. The number of aldehydes is 2. The number of carbonyl (C=O) groups excluding carboxylic acids is 2. The zero-order chi connectivity index (χ0) is 27.2. The van der Waals surface area contributed by atoms with Crippen LogP contribution in [-0.4, -0.2) is 49.4 Å². The maximum atomic E-state index is 11.6. The molecule has 6 heteroatoms. The summed E-state index contributed by atoms with van der Waals surface area (Å²) in [7, 11) is 1.79. The number of nitrogens with two attached hydrogens (primary N) is 1. The Bertz CT molecular complexity index is 1120. The van der Waals surface area contributed by atoms with Crippen molar-refractivity contribution in [3.63, 3.8) is 0 Å². The SMILES string of the molecule is C=C1c2ccc(CCCCCCCNCC(N)=CC(=NC)c3ccccc3)cc2CN1C(C=O)CCC=O. The molecular formula is C32H42N4O2. The molecule has 0 aliphatic carbocycles. The number of rotatable bonds is 17. The molecule has 1 atom stereocenters. The van der Waals surface area contributed by atoms with Gasteiger partial charge in [-0.1, -0.05) is 74.4 Å². The lowest BCUT2D eigenvalue weighted by atomic mass is 10.0. The minimum absolute atomic E-state index is 0.289. The Balaban J connectivity index is 1.30. The highest BCUT2D eigenvalue weighted by molar-refractivity contribution is 6.08. The molecule has 3 N–H and O–H groups in total. The zero-order valence-corrected chi connectivity index (χ0v) is 22.7. The van der Waals surface area contributed by atoms with Gasteiger partial charge in [0, 0.05) is 43.5 Å². The first-order valence-electron chi connectivity index (χ1n) is 13.7.